The van der Waals surface area contributed by atoms with E-state index in [1.165, 1.54) is 0 Å². The number of ether oxygens (including phenoxy) is 1. The second-order valence-corrected chi connectivity index (χ2v) is 9.45. The number of amides is 2. The summed E-state index contributed by atoms with van der Waals surface area (Å²) in [6.07, 6.45) is 2.55. The zero-order valence-corrected chi connectivity index (χ0v) is 19.7. The summed E-state index contributed by atoms with van der Waals surface area (Å²) in [6.45, 7) is 3.60. The van der Waals surface area contributed by atoms with E-state index in [0.717, 1.165) is 35.1 Å². The van der Waals surface area contributed by atoms with E-state index in [4.69, 9.17) is 4.74 Å². The third kappa shape index (κ3) is 4.65. The third-order valence-electron chi connectivity index (χ3n) is 7.33. The molecule has 3 atom stereocenters. The van der Waals surface area contributed by atoms with E-state index >= 15 is 0 Å². The van der Waals surface area contributed by atoms with Gasteiger partial charge in [-0.25, -0.2) is 4.79 Å². The van der Waals surface area contributed by atoms with E-state index in [2.05, 4.69) is 22.8 Å². The number of hydrogen-bond donors (Lipinski definition) is 3. The number of benzene rings is 2. The van der Waals surface area contributed by atoms with Gasteiger partial charge in [0, 0.05) is 12.0 Å². The molecule has 1 saturated carbocycles. The van der Waals surface area contributed by atoms with Crippen molar-refractivity contribution in [1.29, 1.82) is 0 Å². The molecule has 2 amide bonds. The summed E-state index contributed by atoms with van der Waals surface area (Å²) >= 11 is 0. The van der Waals surface area contributed by atoms with Gasteiger partial charge in [0.25, 0.3) is 0 Å². The number of carbonyl (C=O) groups excluding carboxylic acids is 2. The highest BCUT2D eigenvalue weighted by Crippen LogP contribution is 2.44. The first-order valence-corrected chi connectivity index (χ1v) is 12.0. The van der Waals surface area contributed by atoms with Crippen molar-refractivity contribution in [3.63, 3.8) is 0 Å². The molecule has 0 bridgehead atoms. The van der Waals surface area contributed by atoms with Crippen LogP contribution in [0.1, 0.15) is 63.0 Å². The maximum Gasteiger partial charge on any atom is 0.408 e. The smallest absolute Gasteiger partial charge is 0.408 e. The van der Waals surface area contributed by atoms with Gasteiger partial charge in [-0.2, -0.15) is 0 Å². The predicted molar refractivity (Wildman–Crippen MR) is 128 cm³/mol. The fraction of sp³-hybridized carbons (Fsp3) is 0.444. The lowest BCUT2D eigenvalue weighted by molar-refractivity contribution is -0.144. The Balaban J connectivity index is 1.40. The van der Waals surface area contributed by atoms with E-state index in [-0.39, 0.29) is 18.4 Å². The van der Waals surface area contributed by atoms with Gasteiger partial charge in [0.1, 0.15) is 12.1 Å². The second kappa shape index (κ2) is 9.87. The zero-order chi connectivity index (χ0) is 24.3. The van der Waals surface area contributed by atoms with Crippen LogP contribution in [0.25, 0.3) is 11.1 Å². The lowest BCUT2D eigenvalue weighted by Crippen LogP contribution is -2.60. The van der Waals surface area contributed by atoms with Gasteiger partial charge >= 0.3 is 12.1 Å². The summed E-state index contributed by atoms with van der Waals surface area (Å²) in [7, 11) is 0. The number of nitrogens with one attached hydrogen (secondary N) is 2. The zero-order valence-electron chi connectivity index (χ0n) is 19.7. The highest BCUT2D eigenvalue weighted by Gasteiger charge is 2.39. The van der Waals surface area contributed by atoms with Crippen LogP contribution in [-0.4, -0.2) is 41.3 Å². The highest BCUT2D eigenvalue weighted by atomic mass is 16.5. The molecule has 3 unspecified atom stereocenters. The van der Waals surface area contributed by atoms with E-state index < -0.39 is 29.6 Å². The molecule has 0 aromatic heterocycles. The van der Waals surface area contributed by atoms with E-state index in [1.807, 2.05) is 36.4 Å². The molecule has 2 aliphatic carbocycles. The van der Waals surface area contributed by atoms with Crippen LogP contribution in [0.2, 0.25) is 0 Å². The Morgan fingerprint density at radius 2 is 1.59 bits per heavy atom. The van der Waals surface area contributed by atoms with Gasteiger partial charge in [-0.3, -0.25) is 9.59 Å². The van der Waals surface area contributed by atoms with Crippen LogP contribution in [0.15, 0.2) is 48.5 Å². The number of carbonyl (C=O) groups is 3. The van der Waals surface area contributed by atoms with Gasteiger partial charge in [0.05, 0.1) is 5.92 Å². The summed E-state index contributed by atoms with van der Waals surface area (Å²) in [4.78, 5) is 37.4. The SMILES string of the molecule is CCC(C)(NC(=O)OCC1c2ccccc2-c2ccccc21)C(=O)NC1CCCCC1C(=O)O. The average molecular weight is 465 g/mol. The molecule has 180 valence electrons. The van der Waals surface area contributed by atoms with Crippen LogP contribution in [0.3, 0.4) is 0 Å². The van der Waals surface area contributed by atoms with Crippen LogP contribution >= 0.6 is 0 Å². The number of carboxylic acid groups (broad SMARTS) is 1. The van der Waals surface area contributed by atoms with Crippen LogP contribution in [0, 0.1) is 5.92 Å². The first kappa shape index (κ1) is 23.8. The maximum absolute atomic E-state index is 13.1. The van der Waals surface area contributed by atoms with E-state index in [9.17, 15) is 19.5 Å². The van der Waals surface area contributed by atoms with Crippen molar-refractivity contribution >= 4 is 18.0 Å². The van der Waals surface area contributed by atoms with Crippen LogP contribution in [-0.2, 0) is 14.3 Å². The Morgan fingerprint density at radius 3 is 2.18 bits per heavy atom. The van der Waals surface area contributed by atoms with Gasteiger partial charge in [-0.15, -0.1) is 0 Å². The summed E-state index contributed by atoms with van der Waals surface area (Å²) in [5, 5.41) is 15.1. The summed E-state index contributed by atoms with van der Waals surface area (Å²) in [5.41, 5.74) is 3.31. The molecule has 4 rings (SSSR count). The van der Waals surface area contributed by atoms with Crippen LogP contribution in [0.4, 0.5) is 4.79 Å². The van der Waals surface area contributed by atoms with Crippen LogP contribution in [0.5, 0.6) is 0 Å². The largest absolute Gasteiger partial charge is 0.481 e. The molecule has 34 heavy (non-hydrogen) atoms. The molecule has 0 spiro atoms. The van der Waals surface area contributed by atoms with Gasteiger partial charge in [0.2, 0.25) is 5.91 Å². The van der Waals surface area contributed by atoms with Gasteiger partial charge in [0.15, 0.2) is 0 Å². The molecule has 2 aromatic carbocycles. The molecule has 0 aliphatic heterocycles. The minimum atomic E-state index is -1.21. The van der Waals surface area contributed by atoms with Gasteiger partial charge in [-0.05, 0) is 48.4 Å². The molecule has 0 radical (unpaired) electrons. The number of rotatable bonds is 7. The fourth-order valence-corrected chi connectivity index (χ4v) is 5.09. The molecular formula is C27H32N2O5. The van der Waals surface area contributed by atoms with Gasteiger partial charge in [-0.1, -0.05) is 68.3 Å². The maximum atomic E-state index is 13.1. The Hall–Kier alpha value is -3.35. The summed E-state index contributed by atoms with van der Waals surface area (Å²) in [6, 6.07) is 15.8. The molecule has 3 N–H and O–H groups in total. The van der Waals surface area contributed by atoms with Crippen LogP contribution < -0.4 is 10.6 Å². The molecule has 2 aliphatic rings. The number of fused-ring (bicyclic) bond motifs is 3. The Bertz CT molecular complexity index is 1040. The molecular weight excluding hydrogens is 432 g/mol. The predicted octanol–water partition coefficient (Wildman–Crippen LogP) is 4.45. The minimum Gasteiger partial charge on any atom is -0.481 e. The summed E-state index contributed by atoms with van der Waals surface area (Å²) < 4.78 is 5.61. The standard InChI is InChI=1S/C27H32N2O5/c1-3-27(2,25(32)28-23-15-9-8-14-21(23)24(30)31)29-26(33)34-16-22-19-12-6-4-10-17(19)18-11-5-7-13-20(18)22/h4-7,10-13,21-23H,3,8-9,14-16H2,1-2H3,(H,28,32)(H,29,33)(H,30,31). The van der Waals surface area contributed by atoms with Crippen molar-refractivity contribution in [2.75, 3.05) is 6.61 Å². The number of carboxylic acids is 1. The Kier molecular flexibility index (Phi) is 6.91. The Morgan fingerprint density at radius 1 is 1.00 bits per heavy atom. The monoisotopic (exact) mass is 464 g/mol. The molecule has 2 aromatic rings. The number of aliphatic carboxylic acids is 1. The third-order valence-corrected chi connectivity index (χ3v) is 7.33. The normalized spacial score (nSPS) is 21.0. The molecule has 1 fully saturated rings. The van der Waals surface area contributed by atoms with Crippen molar-refractivity contribution in [1.82, 2.24) is 10.6 Å². The fourth-order valence-electron chi connectivity index (χ4n) is 5.09. The number of alkyl carbamates (subject to hydrolysis) is 1. The van der Waals surface area contributed by atoms with Gasteiger partial charge < -0.3 is 20.5 Å². The quantitative estimate of drug-likeness (QED) is 0.561. The molecule has 7 heteroatoms. The topological polar surface area (TPSA) is 105 Å². The van der Waals surface area contributed by atoms with Crippen molar-refractivity contribution in [2.45, 2.75) is 63.5 Å². The van der Waals surface area contributed by atoms with Crippen molar-refractivity contribution in [2.24, 2.45) is 5.92 Å². The summed E-state index contributed by atoms with van der Waals surface area (Å²) in [5.74, 6) is -1.96. The lowest BCUT2D eigenvalue weighted by atomic mass is 9.84. The van der Waals surface area contributed by atoms with Crippen molar-refractivity contribution < 1.29 is 24.2 Å². The Labute approximate surface area is 199 Å². The molecule has 7 nitrogen and oxygen atoms in total. The lowest BCUT2D eigenvalue weighted by Gasteiger charge is -2.34. The van der Waals surface area contributed by atoms with E-state index in [0.29, 0.717) is 19.3 Å². The first-order chi connectivity index (χ1) is 16.3. The van der Waals surface area contributed by atoms with Crippen molar-refractivity contribution in [3.05, 3.63) is 59.7 Å². The minimum absolute atomic E-state index is 0.0709. The molecule has 0 saturated heterocycles. The average Bonchev–Trinajstić information content (AvgIpc) is 3.16. The van der Waals surface area contributed by atoms with Crippen molar-refractivity contribution in [3.8, 4) is 11.1 Å². The second-order valence-electron chi connectivity index (χ2n) is 9.45. The van der Waals surface area contributed by atoms with E-state index in [1.54, 1.807) is 13.8 Å². The molecule has 0 heterocycles. The number of hydrogen-bond acceptors (Lipinski definition) is 4. The highest BCUT2D eigenvalue weighted by molar-refractivity contribution is 5.90. The first-order valence-electron chi connectivity index (χ1n) is 12.0.